The van der Waals surface area contributed by atoms with E-state index in [-0.39, 0.29) is 5.97 Å². The molecule has 0 unspecified atom stereocenters. The second-order valence-corrected chi connectivity index (χ2v) is 6.64. The van der Waals surface area contributed by atoms with Gasteiger partial charge >= 0.3 is 5.97 Å². The summed E-state index contributed by atoms with van der Waals surface area (Å²) in [7, 11) is 1.36. The SMILES string of the molecule is COC(=O)c1cc(Br)ccc1NCCCOc1cc(Cl)ccc1Cl. The summed E-state index contributed by atoms with van der Waals surface area (Å²) >= 11 is 15.3. The molecule has 0 amide bonds. The van der Waals surface area contributed by atoms with E-state index in [0.717, 1.165) is 10.9 Å². The first-order valence-electron chi connectivity index (χ1n) is 7.21. The Morgan fingerprint density at radius 2 is 2.00 bits per heavy atom. The Bertz CT molecular complexity index is 725. The molecule has 0 heterocycles. The van der Waals surface area contributed by atoms with Gasteiger partial charge in [0.2, 0.25) is 0 Å². The zero-order valence-corrected chi connectivity index (χ0v) is 16.0. The maximum Gasteiger partial charge on any atom is 0.340 e. The third-order valence-electron chi connectivity index (χ3n) is 3.17. The Balaban J connectivity index is 1.86. The summed E-state index contributed by atoms with van der Waals surface area (Å²) < 4.78 is 11.2. The molecule has 1 N–H and O–H groups in total. The number of anilines is 1. The molecule has 0 saturated carbocycles. The van der Waals surface area contributed by atoms with Crippen molar-refractivity contribution < 1.29 is 14.3 Å². The third kappa shape index (κ3) is 5.30. The van der Waals surface area contributed by atoms with Crippen LogP contribution >= 0.6 is 39.1 Å². The minimum Gasteiger partial charge on any atom is -0.492 e. The van der Waals surface area contributed by atoms with Gasteiger partial charge < -0.3 is 14.8 Å². The van der Waals surface area contributed by atoms with Crippen LogP contribution in [0.2, 0.25) is 10.0 Å². The highest BCUT2D eigenvalue weighted by molar-refractivity contribution is 9.10. The van der Waals surface area contributed by atoms with Crippen molar-refractivity contribution in [3.05, 3.63) is 56.5 Å². The molecule has 0 fully saturated rings. The first-order chi connectivity index (χ1) is 11.5. The minimum atomic E-state index is -0.388. The first kappa shape index (κ1) is 18.9. The smallest absolute Gasteiger partial charge is 0.340 e. The fraction of sp³-hybridized carbons (Fsp3) is 0.235. The Hall–Kier alpha value is -1.43. The molecule has 0 spiro atoms. The van der Waals surface area contributed by atoms with Crippen molar-refractivity contribution in [2.24, 2.45) is 0 Å². The second-order valence-electron chi connectivity index (χ2n) is 4.89. The van der Waals surface area contributed by atoms with Crippen molar-refractivity contribution in [3.63, 3.8) is 0 Å². The number of esters is 1. The average Bonchev–Trinajstić information content (AvgIpc) is 2.57. The number of halogens is 3. The maximum atomic E-state index is 11.8. The van der Waals surface area contributed by atoms with E-state index >= 15 is 0 Å². The van der Waals surface area contributed by atoms with Gasteiger partial charge in [-0.05, 0) is 36.8 Å². The van der Waals surface area contributed by atoms with Gasteiger partial charge in [-0.2, -0.15) is 0 Å². The number of hydrogen-bond donors (Lipinski definition) is 1. The highest BCUT2D eigenvalue weighted by atomic mass is 79.9. The van der Waals surface area contributed by atoms with Gasteiger partial charge in [0.15, 0.2) is 0 Å². The van der Waals surface area contributed by atoms with E-state index in [0.29, 0.717) is 40.2 Å². The molecule has 2 aromatic rings. The Labute approximate surface area is 159 Å². The number of hydrogen-bond acceptors (Lipinski definition) is 4. The zero-order valence-electron chi connectivity index (χ0n) is 12.9. The Morgan fingerprint density at radius 3 is 2.75 bits per heavy atom. The molecule has 0 radical (unpaired) electrons. The normalized spacial score (nSPS) is 10.3. The standard InChI is InChI=1S/C17H16BrCl2NO3/c1-23-17(22)13-9-11(18)3-6-15(13)21-7-2-8-24-16-10-12(19)4-5-14(16)20/h3-6,9-10,21H,2,7-8H2,1H3. The van der Waals surface area contributed by atoms with Gasteiger partial charge in [-0.3, -0.25) is 0 Å². The van der Waals surface area contributed by atoms with Crippen LogP contribution in [0.4, 0.5) is 5.69 Å². The first-order valence-corrected chi connectivity index (χ1v) is 8.75. The van der Waals surface area contributed by atoms with E-state index in [1.807, 2.05) is 12.1 Å². The van der Waals surface area contributed by atoms with Crippen LogP contribution < -0.4 is 10.1 Å². The molecule has 0 atom stereocenters. The number of ether oxygens (including phenoxy) is 2. The Morgan fingerprint density at radius 1 is 1.21 bits per heavy atom. The summed E-state index contributed by atoms with van der Waals surface area (Å²) in [6.45, 7) is 1.10. The summed E-state index contributed by atoms with van der Waals surface area (Å²) in [5, 5.41) is 4.30. The average molecular weight is 433 g/mol. The molecule has 2 rings (SSSR count). The molecule has 4 nitrogen and oxygen atoms in total. The van der Waals surface area contributed by atoms with Gasteiger partial charge in [0.25, 0.3) is 0 Å². The molecular weight excluding hydrogens is 417 g/mol. The van der Waals surface area contributed by atoms with Crippen molar-refractivity contribution in [2.75, 3.05) is 25.6 Å². The summed E-state index contributed by atoms with van der Waals surface area (Å²) in [6.07, 6.45) is 0.722. The number of rotatable bonds is 7. The third-order valence-corrected chi connectivity index (χ3v) is 4.21. The number of nitrogens with one attached hydrogen (secondary N) is 1. The number of benzene rings is 2. The molecular formula is C17H16BrCl2NO3. The maximum absolute atomic E-state index is 11.8. The molecule has 128 valence electrons. The molecule has 0 aliphatic rings. The minimum absolute atomic E-state index is 0.388. The fourth-order valence-electron chi connectivity index (χ4n) is 2.01. The Kier molecular flexibility index (Phi) is 7.21. The van der Waals surface area contributed by atoms with Crippen molar-refractivity contribution in [1.29, 1.82) is 0 Å². The summed E-state index contributed by atoms with van der Waals surface area (Å²) in [5.74, 6) is 0.170. The van der Waals surface area contributed by atoms with Crippen molar-refractivity contribution in [3.8, 4) is 5.75 Å². The number of methoxy groups -OCH3 is 1. The lowest BCUT2D eigenvalue weighted by Crippen LogP contribution is -2.11. The van der Waals surface area contributed by atoms with E-state index in [9.17, 15) is 4.79 Å². The van der Waals surface area contributed by atoms with Crippen LogP contribution in [0, 0.1) is 0 Å². The van der Waals surface area contributed by atoms with Crippen molar-refractivity contribution >= 4 is 50.8 Å². The summed E-state index contributed by atoms with van der Waals surface area (Å²) in [4.78, 5) is 11.8. The van der Waals surface area contributed by atoms with Crippen LogP contribution in [0.15, 0.2) is 40.9 Å². The predicted octanol–water partition coefficient (Wildman–Crippen LogP) is 5.42. The summed E-state index contributed by atoms with van der Waals surface area (Å²) in [5.41, 5.74) is 1.19. The van der Waals surface area contributed by atoms with Crippen LogP contribution in [0.1, 0.15) is 16.8 Å². The van der Waals surface area contributed by atoms with Gasteiger partial charge in [-0.15, -0.1) is 0 Å². The monoisotopic (exact) mass is 431 g/mol. The van der Waals surface area contributed by atoms with E-state index in [1.165, 1.54) is 7.11 Å². The van der Waals surface area contributed by atoms with Gasteiger partial charge in [0.1, 0.15) is 5.75 Å². The van der Waals surface area contributed by atoms with Crippen LogP contribution in [0.25, 0.3) is 0 Å². The zero-order chi connectivity index (χ0) is 17.5. The molecule has 24 heavy (non-hydrogen) atoms. The molecule has 0 bridgehead atoms. The second kappa shape index (κ2) is 9.16. The van der Waals surface area contributed by atoms with Crippen LogP contribution in [0.5, 0.6) is 5.75 Å². The van der Waals surface area contributed by atoms with Crippen molar-refractivity contribution in [2.45, 2.75) is 6.42 Å². The highest BCUT2D eigenvalue weighted by Crippen LogP contribution is 2.27. The van der Waals surface area contributed by atoms with E-state index < -0.39 is 0 Å². The quantitative estimate of drug-likeness (QED) is 0.468. The van der Waals surface area contributed by atoms with Gasteiger partial charge in [0, 0.05) is 27.8 Å². The molecule has 0 aromatic heterocycles. The van der Waals surface area contributed by atoms with E-state index in [2.05, 4.69) is 21.2 Å². The molecule has 0 aliphatic carbocycles. The van der Waals surface area contributed by atoms with Gasteiger partial charge in [-0.1, -0.05) is 39.1 Å². The summed E-state index contributed by atoms with van der Waals surface area (Å²) in [6, 6.07) is 10.5. The lowest BCUT2D eigenvalue weighted by Gasteiger charge is -2.12. The molecule has 0 saturated heterocycles. The molecule has 7 heteroatoms. The van der Waals surface area contributed by atoms with Crippen molar-refractivity contribution in [1.82, 2.24) is 0 Å². The molecule has 2 aromatic carbocycles. The highest BCUT2D eigenvalue weighted by Gasteiger charge is 2.12. The number of carbonyl (C=O) groups excluding carboxylic acids is 1. The van der Waals surface area contributed by atoms with Crippen LogP contribution in [0.3, 0.4) is 0 Å². The van der Waals surface area contributed by atoms with Crippen LogP contribution in [-0.4, -0.2) is 26.2 Å². The lowest BCUT2D eigenvalue weighted by molar-refractivity contribution is 0.0601. The number of carbonyl (C=O) groups is 1. The topological polar surface area (TPSA) is 47.6 Å². The largest absolute Gasteiger partial charge is 0.492 e. The lowest BCUT2D eigenvalue weighted by atomic mass is 10.2. The van der Waals surface area contributed by atoms with Gasteiger partial charge in [0.05, 0.1) is 24.3 Å². The van der Waals surface area contributed by atoms with Crippen LogP contribution in [-0.2, 0) is 4.74 Å². The molecule has 0 aliphatic heterocycles. The van der Waals surface area contributed by atoms with E-state index in [1.54, 1.807) is 24.3 Å². The predicted molar refractivity (Wildman–Crippen MR) is 101 cm³/mol. The fourth-order valence-corrected chi connectivity index (χ4v) is 2.71. The van der Waals surface area contributed by atoms with E-state index in [4.69, 9.17) is 32.7 Å². The van der Waals surface area contributed by atoms with Gasteiger partial charge in [-0.25, -0.2) is 4.79 Å².